The lowest BCUT2D eigenvalue weighted by atomic mass is 10.1. The van der Waals surface area contributed by atoms with Crippen LogP contribution >= 0.6 is 0 Å². The van der Waals surface area contributed by atoms with Crippen LogP contribution in [0.25, 0.3) is 0 Å². The fourth-order valence-corrected chi connectivity index (χ4v) is 4.89. The molecule has 0 radical (unpaired) electrons. The molecule has 198 valence electrons. The molecule has 0 heterocycles. The Kier molecular flexibility index (Phi) is 10.8. The summed E-state index contributed by atoms with van der Waals surface area (Å²) in [7, 11) is -1.95. The molecule has 1 N–H and O–H groups in total. The summed E-state index contributed by atoms with van der Waals surface area (Å²) in [6.45, 7) is 8.42. The summed E-state index contributed by atoms with van der Waals surface area (Å²) in [6.07, 6.45) is 2.40. The highest BCUT2D eigenvalue weighted by atomic mass is 32.2. The fourth-order valence-electron chi connectivity index (χ4n) is 3.88. The number of amides is 2. The molecule has 1 atom stereocenters. The minimum Gasteiger partial charge on any atom is -0.497 e. The smallest absolute Gasteiger partial charge is 0.242 e. The van der Waals surface area contributed by atoms with Gasteiger partial charge in [0.2, 0.25) is 21.8 Å². The largest absolute Gasteiger partial charge is 0.497 e. The molecule has 2 aromatic rings. The van der Waals surface area contributed by atoms with Crippen LogP contribution < -0.4 is 14.4 Å². The molecule has 9 heteroatoms. The number of hydrogen-bond acceptors (Lipinski definition) is 5. The van der Waals surface area contributed by atoms with Gasteiger partial charge in [-0.1, -0.05) is 31.2 Å². The Morgan fingerprint density at radius 1 is 1.08 bits per heavy atom. The van der Waals surface area contributed by atoms with Gasteiger partial charge in [0.05, 0.1) is 19.1 Å². The Morgan fingerprint density at radius 3 is 2.33 bits per heavy atom. The molecule has 0 saturated heterocycles. The number of anilines is 1. The van der Waals surface area contributed by atoms with Crippen LogP contribution in [0.5, 0.6) is 5.75 Å². The van der Waals surface area contributed by atoms with Gasteiger partial charge in [0.15, 0.2) is 0 Å². The predicted octanol–water partition coefficient (Wildman–Crippen LogP) is 3.80. The van der Waals surface area contributed by atoms with Crippen LogP contribution in [0.15, 0.2) is 42.5 Å². The Morgan fingerprint density at radius 2 is 1.75 bits per heavy atom. The first-order valence-corrected chi connectivity index (χ1v) is 14.1. The van der Waals surface area contributed by atoms with Gasteiger partial charge in [-0.05, 0) is 68.5 Å². The first kappa shape index (κ1) is 29.2. The third-order valence-corrected chi connectivity index (χ3v) is 7.19. The lowest BCUT2D eigenvalue weighted by molar-refractivity contribution is -0.140. The van der Waals surface area contributed by atoms with Crippen molar-refractivity contribution >= 4 is 27.5 Å². The Bertz CT molecular complexity index is 1130. The number of ether oxygens (including phenoxy) is 1. The number of nitrogens with one attached hydrogen (secondary N) is 1. The number of nitrogens with zero attached hydrogens (tertiary/aromatic N) is 2. The quantitative estimate of drug-likeness (QED) is 0.436. The van der Waals surface area contributed by atoms with Gasteiger partial charge >= 0.3 is 0 Å². The summed E-state index contributed by atoms with van der Waals surface area (Å²) in [5.74, 6) is 0.281. The molecule has 0 saturated carbocycles. The number of hydrogen-bond donors (Lipinski definition) is 1. The monoisotopic (exact) mass is 517 g/mol. The van der Waals surface area contributed by atoms with E-state index in [9.17, 15) is 18.0 Å². The molecule has 0 fully saturated rings. The van der Waals surface area contributed by atoms with Gasteiger partial charge in [0.1, 0.15) is 11.8 Å². The minimum atomic E-state index is -3.54. The lowest BCUT2D eigenvalue weighted by Gasteiger charge is -2.29. The topological polar surface area (TPSA) is 96.0 Å². The molecule has 0 aromatic heterocycles. The molecule has 2 aromatic carbocycles. The summed E-state index contributed by atoms with van der Waals surface area (Å²) in [5, 5.41) is 2.86. The Labute approximate surface area is 215 Å². The van der Waals surface area contributed by atoms with Gasteiger partial charge in [-0.15, -0.1) is 0 Å². The zero-order chi connectivity index (χ0) is 26.9. The highest BCUT2D eigenvalue weighted by Gasteiger charge is 2.26. The average molecular weight is 518 g/mol. The number of methoxy groups -OCH3 is 1. The van der Waals surface area contributed by atoms with Crippen LogP contribution in [0.1, 0.15) is 49.8 Å². The van der Waals surface area contributed by atoms with Crippen LogP contribution in [0, 0.1) is 13.8 Å². The van der Waals surface area contributed by atoms with E-state index in [4.69, 9.17) is 4.74 Å². The maximum absolute atomic E-state index is 13.3. The van der Waals surface area contributed by atoms with Gasteiger partial charge in [-0.25, -0.2) is 8.42 Å². The molecular weight excluding hydrogens is 478 g/mol. The number of rotatable bonds is 13. The zero-order valence-corrected chi connectivity index (χ0v) is 23.0. The van der Waals surface area contributed by atoms with Crippen molar-refractivity contribution in [3.8, 4) is 5.75 Å². The van der Waals surface area contributed by atoms with Crippen molar-refractivity contribution in [3.63, 3.8) is 0 Å². The third-order valence-electron chi connectivity index (χ3n) is 6.01. The minimum absolute atomic E-state index is 0.110. The molecule has 0 aliphatic heterocycles. The lowest BCUT2D eigenvalue weighted by Crippen LogP contribution is -2.47. The second kappa shape index (κ2) is 13.3. The van der Waals surface area contributed by atoms with Crippen molar-refractivity contribution < 1.29 is 22.7 Å². The summed E-state index contributed by atoms with van der Waals surface area (Å²) in [6, 6.07) is 12.3. The van der Waals surface area contributed by atoms with Gasteiger partial charge in [-0.3, -0.25) is 13.9 Å². The molecule has 1 unspecified atom stereocenters. The number of aryl methyl sites for hydroxylation is 2. The second-order valence-electron chi connectivity index (χ2n) is 9.07. The Balaban J connectivity index is 2.19. The van der Waals surface area contributed by atoms with Crippen LogP contribution in [0.4, 0.5) is 5.69 Å². The van der Waals surface area contributed by atoms with Crippen molar-refractivity contribution in [2.24, 2.45) is 0 Å². The molecule has 8 nitrogen and oxygen atoms in total. The van der Waals surface area contributed by atoms with E-state index in [1.165, 1.54) is 10.6 Å². The van der Waals surface area contributed by atoms with E-state index in [1.807, 2.05) is 63.2 Å². The number of sulfonamides is 1. The van der Waals surface area contributed by atoms with Crippen LogP contribution in [0.2, 0.25) is 0 Å². The molecule has 2 amide bonds. The van der Waals surface area contributed by atoms with E-state index < -0.39 is 16.1 Å². The van der Waals surface area contributed by atoms with Crippen molar-refractivity contribution in [2.75, 3.05) is 30.8 Å². The van der Waals surface area contributed by atoms with Gasteiger partial charge < -0.3 is 15.0 Å². The Hall–Kier alpha value is -3.07. The van der Waals surface area contributed by atoms with E-state index in [2.05, 4.69) is 5.32 Å². The third kappa shape index (κ3) is 8.26. The summed E-state index contributed by atoms with van der Waals surface area (Å²) in [5.41, 5.74) is 3.29. The normalized spacial score (nSPS) is 12.1. The van der Waals surface area contributed by atoms with E-state index in [0.29, 0.717) is 24.4 Å². The number of carbonyl (C=O) groups is 2. The van der Waals surface area contributed by atoms with Crippen LogP contribution in [-0.4, -0.2) is 57.6 Å². The summed E-state index contributed by atoms with van der Waals surface area (Å²) in [4.78, 5) is 27.6. The number of carbonyl (C=O) groups excluding carboxylic acids is 2. The van der Waals surface area contributed by atoms with Gasteiger partial charge in [-0.2, -0.15) is 0 Å². The van der Waals surface area contributed by atoms with E-state index in [0.717, 1.165) is 23.1 Å². The van der Waals surface area contributed by atoms with Gasteiger partial charge in [0, 0.05) is 26.1 Å². The molecule has 36 heavy (non-hydrogen) atoms. The van der Waals surface area contributed by atoms with Crippen molar-refractivity contribution in [2.45, 2.75) is 59.5 Å². The maximum Gasteiger partial charge on any atom is 0.242 e. The molecule has 0 spiro atoms. The molecule has 0 aliphatic rings. The first-order valence-electron chi connectivity index (χ1n) is 12.2. The van der Waals surface area contributed by atoms with Crippen molar-refractivity contribution in [3.05, 3.63) is 59.2 Å². The molecule has 2 rings (SSSR count). The highest BCUT2D eigenvalue weighted by molar-refractivity contribution is 7.92. The van der Waals surface area contributed by atoms with E-state index in [-0.39, 0.29) is 31.3 Å². The number of benzene rings is 2. The SMILES string of the molecule is CCCNC(=O)C(C)N(Cc1ccc(OC)cc1)C(=O)CCCN(c1cc(C)ccc1C)S(C)(=O)=O. The van der Waals surface area contributed by atoms with Crippen molar-refractivity contribution in [1.29, 1.82) is 0 Å². The first-order chi connectivity index (χ1) is 17.0. The van der Waals surface area contributed by atoms with Gasteiger partial charge in [0.25, 0.3) is 0 Å². The van der Waals surface area contributed by atoms with Crippen molar-refractivity contribution in [1.82, 2.24) is 10.2 Å². The predicted molar refractivity (Wildman–Crippen MR) is 144 cm³/mol. The standard InChI is InChI=1S/C27H39N3O5S/c1-7-16-28-27(32)22(4)29(19-23-12-14-24(35-5)15-13-23)26(31)9-8-17-30(36(6,33)34)25-18-20(2)10-11-21(25)3/h10-15,18,22H,7-9,16-17,19H2,1-6H3,(H,28,32). The summed E-state index contributed by atoms with van der Waals surface area (Å²) >= 11 is 0. The average Bonchev–Trinajstić information content (AvgIpc) is 2.84. The van der Waals surface area contributed by atoms with E-state index in [1.54, 1.807) is 18.9 Å². The van der Waals surface area contributed by atoms with E-state index >= 15 is 0 Å². The molecular formula is C27H39N3O5S. The summed E-state index contributed by atoms with van der Waals surface area (Å²) < 4.78 is 31.7. The second-order valence-corrected chi connectivity index (χ2v) is 11.0. The molecule has 0 aliphatic carbocycles. The highest BCUT2D eigenvalue weighted by Crippen LogP contribution is 2.25. The maximum atomic E-state index is 13.3. The molecule has 0 bridgehead atoms. The van der Waals surface area contributed by atoms with Crippen LogP contribution in [0.3, 0.4) is 0 Å². The van der Waals surface area contributed by atoms with Crippen LogP contribution in [-0.2, 0) is 26.2 Å². The zero-order valence-electron chi connectivity index (χ0n) is 22.2. The fraction of sp³-hybridized carbons (Fsp3) is 0.481.